The molecule has 0 heterocycles. The minimum atomic E-state index is -4.54. The number of benzene rings is 1. The number of hydrogen-bond acceptors (Lipinski definition) is 3. The Morgan fingerprint density at radius 3 is 2.64 bits per heavy atom. The molecule has 1 aromatic carbocycles. The first-order valence-electron chi connectivity index (χ1n) is 8.32. The SMILES string of the molecule is C[C@@H]1[C@H](C)CCC[C@H]1NC(=O)COC(=O)c1cccc(C(F)(F)F)c1. The number of rotatable bonds is 4. The van der Waals surface area contributed by atoms with E-state index < -0.39 is 30.2 Å². The minimum Gasteiger partial charge on any atom is -0.452 e. The Labute approximate surface area is 144 Å². The standard InChI is InChI=1S/C18H22F3NO3/c1-11-5-3-8-15(12(11)2)22-16(23)10-25-17(24)13-6-4-7-14(9-13)18(19,20)21/h4,6-7,9,11-12,15H,3,5,8,10H2,1-2H3,(H,22,23)/t11-,12-,15-/m1/s1. The van der Waals surface area contributed by atoms with Crippen LogP contribution in [0.1, 0.15) is 49.0 Å². The molecular weight excluding hydrogens is 335 g/mol. The van der Waals surface area contributed by atoms with Gasteiger partial charge in [-0.15, -0.1) is 0 Å². The van der Waals surface area contributed by atoms with Crippen LogP contribution in [0.25, 0.3) is 0 Å². The molecule has 0 aromatic heterocycles. The van der Waals surface area contributed by atoms with Crippen LogP contribution in [-0.4, -0.2) is 24.5 Å². The number of carbonyl (C=O) groups excluding carboxylic acids is 2. The Kier molecular flexibility index (Phi) is 6.08. The molecular formula is C18H22F3NO3. The normalized spacial score (nSPS) is 23.8. The van der Waals surface area contributed by atoms with Crippen LogP contribution in [0.3, 0.4) is 0 Å². The molecule has 0 aliphatic heterocycles. The molecule has 1 N–H and O–H groups in total. The van der Waals surface area contributed by atoms with Gasteiger partial charge in [0.15, 0.2) is 6.61 Å². The minimum absolute atomic E-state index is 0.0310. The lowest BCUT2D eigenvalue weighted by Crippen LogP contribution is -2.45. The van der Waals surface area contributed by atoms with Gasteiger partial charge in [-0.2, -0.15) is 13.2 Å². The smallest absolute Gasteiger partial charge is 0.416 e. The summed E-state index contributed by atoms with van der Waals surface area (Å²) in [6.45, 7) is 3.70. The van der Waals surface area contributed by atoms with Gasteiger partial charge in [-0.1, -0.05) is 32.8 Å². The predicted octanol–water partition coefficient (Wildman–Crippen LogP) is 3.80. The maximum absolute atomic E-state index is 12.7. The summed E-state index contributed by atoms with van der Waals surface area (Å²) >= 11 is 0. The van der Waals surface area contributed by atoms with E-state index in [0.29, 0.717) is 17.9 Å². The average molecular weight is 357 g/mol. The summed E-state index contributed by atoms with van der Waals surface area (Å²) in [7, 11) is 0. The molecule has 1 aliphatic carbocycles. The number of carbonyl (C=O) groups is 2. The van der Waals surface area contributed by atoms with Crippen molar-refractivity contribution in [3.8, 4) is 0 Å². The van der Waals surface area contributed by atoms with Gasteiger partial charge in [-0.25, -0.2) is 4.79 Å². The van der Waals surface area contributed by atoms with E-state index in [1.54, 1.807) is 0 Å². The predicted molar refractivity (Wildman–Crippen MR) is 85.8 cm³/mol. The molecule has 0 radical (unpaired) electrons. The molecule has 4 nitrogen and oxygen atoms in total. The number of nitrogens with one attached hydrogen (secondary N) is 1. The number of alkyl halides is 3. The molecule has 0 bridgehead atoms. The summed E-state index contributed by atoms with van der Waals surface area (Å²) in [6.07, 6.45) is -1.52. The molecule has 0 spiro atoms. The maximum Gasteiger partial charge on any atom is 0.416 e. The highest BCUT2D eigenvalue weighted by Crippen LogP contribution is 2.30. The van der Waals surface area contributed by atoms with Gasteiger partial charge in [0, 0.05) is 6.04 Å². The first-order chi connectivity index (χ1) is 11.7. The van der Waals surface area contributed by atoms with Gasteiger partial charge in [0.05, 0.1) is 11.1 Å². The third-order valence-electron chi connectivity index (χ3n) is 4.81. The molecule has 1 aliphatic rings. The number of amides is 1. The van der Waals surface area contributed by atoms with Gasteiger partial charge in [0.25, 0.3) is 5.91 Å². The Bertz CT molecular complexity index is 630. The van der Waals surface area contributed by atoms with Gasteiger partial charge >= 0.3 is 12.1 Å². The molecule has 1 fully saturated rings. The first-order valence-corrected chi connectivity index (χ1v) is 8.32. The highest BCUT2D eigenvalue weighted by atomic mass is 19.4. The molecule has 1 saturated carbocycles. The zero-order chi connectivity index (χ0) is 18.6. The fourth-order valence-corrected chi connectivity index (χ4v) is 3.07. The van der Waals surface area contributed by atoms with E-state index in [9.17, 15) is 22.8 Å². The van der Waals surface area contributed by atoms with E-state index in [1.165, 1.54) is 6.07 Å². The van der Waals surface area contributed by atoms with Crippen LogP contribution in [-0.2, 0) is 15.7 Å². The molecule has 1 amide bonds. The van der Waals surface area contributed by atoms with Crippen LogP contribution < -0.4 is 5.32 Å². The number of hydrogen-bond donors (Lipinski definition) is 1. The van der Waals surface area contributed by atoms with Crippen LogP contribution >= 0.6 is 0 Å². The van der Waals surface area contributed by atoms with E-state index in [2.05, 4.69) is 19.2 Å². The van der Waals surface area contributed by atoms with Gasteiger partial charge in [0.2, 0.25) is 0 Å². The highest BCUT2D eigenvalue weighted by Gasteiger charge is 2.31. The second kappa shape index (κ2) is 7.89. The molecule has 0 saturated heterocycles. The number of esters is 1. The van der Waals surface area contributed by atoms with Crippen molar-refractivity contribution < 1.29 is 27.5 Å². The van der Waals surface area contributed by atoms with Crippen molar-refractivity contribution in [1.82, 2.24) is 5.32 Å². The van der Waals surface area contributed by atoms with Crippen LogP contribution in [0, 0.1) is 11.8 Å². The van der Waals surface area contributed by atoms with Crippen molar-refractivity contribution >= 4 is 11.9 Å². The van der Waals surface area contributed by atoms with E-state index in [-0.39, 0.29) is 11.6 Å². The maximum atomic E-state index is 12.7. The summed E-state index contributed by atoms with van der Waals surface area (Å²) in [5.74, 6) is -0.554. The van der Waals surface area contributed by atoms with E-state index >= 15 is 0 Å². The fourth-order valence-electron chi connectivity index (χ4n) is 3.07. The third-order valence-corrected chi connectivity index (χ3v) is 4.81. The van der Waals surface area contributed by atoms with Gasteiger partial charge < -0.3 is 10.1 Å². The Hall–Kier alpha value is -2.05. The largest absolute Gasteiger partial charge is 0.452 e. The van der Waals surface area contributed by atoms with Crippen molar-refractivity contribution in [2.45, 2.75) is 45.3 Å². The van der Waals surface area contributed by atoms with Crippen LogP contribution in [0.2, 0.25) is 0 Å². The second-order valence-electron chi connectivity index (χ2n) is 6.60. The van der Waals surface area contributed by atoms with Gasteiger partial charge in [0.1, 0.15) is 0 Å². The lowest BCUT2D eigenvalue weighted by Gasteiger charge is -2.34. The molecule has 3 atom stereocenters. The van der Waals surface area contributed by atoms with E-state index in [1.807, 2.05) is 0 Å². The summed E-state index contributed by atoms with van der Waals surface area (Å²) < 4.78 is 42.8. The Morgan fingerprint density at radius 1 is 1.24 bits per heavy atom. The van der Waals surface area contributed by atoms with E-state index in [0.717, 1.165) is 31.4 Å². The van der Waals surface area contributed by atoms with Gasteiger partial charge in [-0.05, 0) is 36.5 Å². The highest BCUT2D eigenvalue weighted by molar-refractivity contribution is 5.91. The Morgan fingerprint density at radius 2 is 1.96 bits per heavy atom. The zero-order valence-electron chi connectivity index (χ0n) is 14.2. The molecule has 138 valence electrons. The quantitative estimate of drug-likeness (QED) is 0.834. The summed E-state index contributed by atoms with van der Waals surface area (Å²) in [5.41, 5.74) is -1.17. The second-order valence-corrected chi connectivity index (χ2v) is 6.60. The lowest BCUT2D eigenvalue weighted by molar-refractivity contribution is -0.137. The van der Waals surface area contributed by atoms with Crippen LogP contribution in [0.4, 0.5) is 13.2 Å². The zero-order valence-corrected chi connectivity index (χ0v) is 14.2. The van der Waals surface area contributed by atoms with Gasteiger partial charge in [-0.3, -0.25) is 4.79 Å². The number of halogens is 3. The molecule has 7 heteroatoms. The monoisotopic (exact) mass is 357 g/mol. The number of ether oxygens (including phenoxy) is 1. The molecule has 25 heavy (non-hydrogen) atoms. The molecule has 1 aromatic rings. The third kappa shape index (κ3) is 5.21. The van der Waals surface area contributed by atoms with Crippen molar-refractivity contribution in [1.29, 1.82) is 0 Å². The topological polar surface area (TPSA) is 55.4 Å². The Balaban J connectivity index is 1.88. The fraction of sp³-hybridized carbons (Fsp3) is 0.556. The molecule has 0 unspecified atom stereocenters. The van der Waals surface area contributed by atoms with E-state index in [4.69, 9.17) is 4.74 Å². The average Bonchev–Trinajstić information content (AvgIpc) is 2.56. The first kappa shape index (κ1) is 19.3. The van der Waals surface area contributed by atoms with Crippen molar-refractivity contribution in [3.63, 3.8) is 0 Å². The summed E-state index contributed by atoms with van der Waals surface area (Å²) in [5, 5.41) is 2.85. The van der Waals surface area contributed by atoms with Crippen LogP contribution in [0.15, 0.2) is 24.3 Å². The van der Waals surface area contributed by atoms with Crippen molar-refractivity contribution in [2.24, 2.45) is 11.8 Å². The summed E-state index contributed by atoms with van der Waals surface area (Å²) in [6, 6.07) is 3.97. The van der Waals surface area contributed by atoms with Crippen LogP contribution in [0.5, 0.6) is 0 Å². The van der Waals surface area contributed by atoms with Crippen molar-refractivity contribution in [3.05, 3.63) is 35.4 Å². The lowest BCUT2D eigenvalue weighted by atomic mass is 9.78. The van der Waals surface area contributed by atoms with Crippen molar-refractivity contribution in [2.75, 3.05) is 6.61 Å². The summed E-state index contributed by atoms with van der Waals surface area (Å²) in [4.78, 5) is 23.8. The molecule has 2 rings (SSSR count).